The maximum Gasteiger partial charge on any atom is 0.217 e. The lowest BCUT2D eigenvalue weighted by Gasteiger charge is -2.06. The van der Waals surface area contributed by atoms with Gasteiger partial charge in [-0.3, -0.25) is 0 Å². The molecular formula is C8H15N. The fourth-order valence-corrected chi connectivity index (χ4v) is 1.04. The highest BCUT2D eigenvalue weighted by atomic mass is 14.6. The molecule has 0 radical (unpaired) electrons. The topological polar surface area (TPSA) is 4.36 Å². The van der Waals surface area contributed by atoms with E-state index in [4.69, 9.17) is 6.57 Å². The molecule has 0 amide bonds. The van der Waals surface area contributed by atoms with Crippen molar-refractivity contribution in [1.82, 2.24) is 0 Å². The quantitative estimate of drug-likeness (QED) is 0.511. The van der Waals surface area contributed by atoms with Crippen molar-refractivity contribution in [3.63, 3.8) is 0 Å². The fourth-order valence-electron chi connectivity index (χ4n) is 1.04. The first-order chi connectivity index (χ1) is 4.16. The Morgan fingerprint density at radius 2 is 1.89 bits per heavy atom. The highest BCUT2D eigenvalue weighted by molar-refractivity contribution is 4.66. The third-order valence-corrected chi connectivity index (χ3v) is 1.28. The Kier molecular flexibility index (Phi) is 4.13. The van der Waals surface area contributed by atoms with Crippen molar-refractivity contribution in [2.75, 3.05) is 6.54 Å². The molecular weight excluding hydrogens is 110 g/mol. The van der Waals surface area contributed by atoms with E-state index in [1.54, 1.807) is 0 Å². The molecule has 0 bridgehead atoms. The van der Waals surface area contributed by atoms with Crippen molar-refractivity contribution in [3.8, 4) is 0 Å². The van der Waals surface area contributed by atoms with E-state index in [0.29, 0.717) is 12.5 Å². The molecule has 0 aliphatic rings. The van der Waals surface area contributed by atoms with Crippen molar-refractivity contribution < 1.29 is 0 Å². The van der Waals surface area contributed by atoms with Gasteiger partial charge in [-0.25, -0.2) is 6.57 Å². The van der Waals surface area contributed by atoms with Gasteiger partial charge in [0.15, 0.2) is 0 Å². The molecule has 0 aliphatic heterocycles. The minimum Gasteiger partial charge on any atom is -0.317 e. The lowest BCUT2D eigenvalue weighted by atomic mass is 9.99. The zero-order chi connectivity index (χ0) is 7.28. The molecule has 0 spiro atoms. The van der Waals surface area contributed by atoms with Gasteiger partial charge in [0.25, 0.3) is 0 Å². The molecule has 0 N–H and O–H groups in total. The molecule has 0 aliphatic carbocycles. The van der Waals surface area contributed by atoms with Crippen molar-refractivity contribution >= 4 is 0 Å². The van der Waals surface area contributed by atoms with Crippen LogP contribution in [0.1, 0.15) is 27.2 Å². The number of hydrogen-bond acceptors (Lipinski definition) is 0. The Morgan fingerprint density at radius 1 is 1.33 bits per heavy atom. The normalized spacial score (nSPS) is 13.2. The van der Waals surface area contributed by atoms with E-state index >= 15 is 0 Å². The summed E-state index contributed by atoms with van der Waals surface area (Å²) < 4.78 is 0. The number of nitrogens with zero attached hydrogens (tertiary/aromatic N) is 1. The molecule has 1 atom stereocenters. The predicted octanol–water partition coefficient (Wildman–Crippen LogP) is 2.59. The second-order valence-electron chi connectivity index (χ2n) is 3.08. The van der Waals surface area contributed by atoms with Gasteiger partial charge in [0, 0.05) is 5.92 Å². The van der Waals surface area contributed by atoms with E-state index in [0.717, 1.165) is 5.92 Å². The molecule has 9 heavy (non-hydrogen) atoms. The average Bonchev–Trinajstić information content (AvgIpc) is 1.63. The fraction of sp³-hybridized carbons (Fsp3) is 0.875. The molecule has 0 saturated heterocycles. The van der Waals surface area contributed by atoms with Crippen LogP contribution in [0.2, 0.25) is 0 Å². The van der Waals surface area contributed by atoms with Crippen molar-refractivity contribution in [1.29, 1.82) is 0 Å². The summed E-state index contributed by atoms with van der Waals surface area (Å²) in [4.78, 5) is 3.34. The standard InChI is InChI=1S/C8H15N/c1-7(2)5-8(3)6-9-4/h7-8H,5-6H2,1-3H3/t8-/m1/s1. The molecule has 0 aromatic heterocycles. The summed E-state index contributed by atoms with van der Waals surface area (Å²) in [5.41, 5.74) is 0. The van der Waals surface area contributed by atoms with Gasteiger partial charge in [-0.05, 0) is 12.3 Å². The summed E-state index contributed by atoms with van der Waals surface area (Å²) in [7, 11) is 0. The minimum absolute atomic E-state index is 0.586. The van der Waals surface area contributed by atoms with Crippen LogP contribution in [0.25, 0.3) is 4.85 Å². The molecule has 0 rings (SSSR count). The molecule has 0 heterocycles. The van der Waals surface area contributed by atoms with E-state index in [2.05, 4.69) is 25.6 Å². The van der Waals surface area contributed by atoms with Crippen LogP contribution in [0, 0.1) is 18.4 Å². The van der Waals surface area contributed by atoms with Crippen LogP contribution >= 0.6 is 0 Å². The maximum absolute atomic E-state index is 6.60. The van der Waals surface area contributed by atoms with Gasteiger partial charge in [-0.1, -0.05) is 20.8 Å². The zero-order valence-electron chi connectivity index (χ0n) is 6.52. The second kappa shape index (κ2) is 4.38. The first kappa shape index (κ1) is 8.49. The molecule has 0 unspecified atom stereocenters. The monoisotopic (exact) mass is 125 g/mol. The van der Waals surface area contributed by atoms with Gasteiger partial charge >= 0.3 is 0 Å². The van der Waals surface area contributed by atoms with Gasteiger partial charge in [-0.15, -0.1) is 0 Å². The lowest BCUT2D eigenvalue weighted by Crippen LogP contribution is -2.01. The Labute approximate surface area is 57.9 Å². The predicted molar refractivity (Wildman–Crippen MR) is 40.1 cm³/mol. The average molecular weight is 125 g/mol. The summed E-state index contributed by atoms with van der Waals surface area (Å²) in [6.07, 6.45) is 1.18. The summed E-state index contributed by atoms with van der Waals surface area (Å²) in [6, 6.07) is 0. The summed E-state index contributed by atoms with van der Waals surface area (Å²) in [5.74, 6) is 1.32. The van der Waals surface area contributed by atoms with Crippen LogP contribution in [-0.2, 0) is 0 Å². The number of hydrogen-bond donors (Lipinski definition) is 0. The molecule has 0 aromatic carbocycles. The van der Waals surface area contributed by atoms with E-state index in [1.807, 2.05) is 0 Å². The second-order valence-corrected chi connectivity index (χ2v) is 3.08. The maximum atomic E-state index is 6.60. The van der Waals surface area contributed by atoms with Gasteiger partial charge < -0.3 is 4.85 Å². The highest BCUT2D eigenvalue weighted by Crippen LogP contribution is 2.10. The van der Waals surface area contributed by atoms with Gasteiger partial charge in [0.1, 0.15) is 0 Å². The van der Waals surface area contributed by atoms with E-state index in [1.165, 1.54) is 6.42 Å². The summed E-state index contributed by atoms with van der Waals surface area (Å²) >= 11 is 0. The smallest absolute Gasteiger partial charge is 0.217 e. The third-order valence-electron chi connectivity index (χ3n) is 1.28. The van der Waals surface area contributed by atoms with E-state index < -0.39 is 0 Å². The van der Waals surface area contributed by atoms with E-state index in [9.17, 15) is 0 Å². The van der Waals surface area contributed by atoms with Crippen LogP contribution < -0.4 is 0 Å². The van der Waals surface area contributed by atoms with Gasteiger partial charge in [-0.2, -0.15) is 0 Å². The van der Waals surface area contributed by atoms with Crippen LogP contribution in [0.5, 0.6) is 0 Å². The summed E-state index contributed by atoms with van der Waals surface area (Å²) in [5, 5.41) is 0. The van der Waals surface area contributed by atoms with Crippen LogP contribution in [0.4, 0.5) is 0 Å². The van der Waals surface area contributed by atoms with Crippen molar-refractivity contribution in [3.05, 3.63) is 11.4 Å². The SMILES string of the molecule is [C-]#[N+]C[C@H](C)CC(C)C. The largest absolute Gasteiger partial charge is 0.317 e. The third kappa shape index (κ3) is 5.36. The molecule has 52 valence electrons. The molecule has 0 fully saturated rings. The Hall–Kier alpha value is -0.510. The highest BCUT2D eigenvalue weighted by Gasteiger charge is 2.05. The zero-order valence-corrected chi connectivity index (χ0v) is 6.52. The Balaban J connectivity index is 3.29. The van der Waals surface area contributed by atoms with Crippen LogP contribution in [0.15, 0.2) is 0 Å². The number of rotatable bonds is 3. The van der Waals surface area contributed by atoms with Crippen LogP contribution in [-0.4, -0.2) is 6.54 Å². The molecule has 0 aromatic rings. The minimum atomic E-state index is 0.586. The molecule has 1 heteroatoms. The van der Waals surface area contributed by atoms with Gasteiger partial charge in [0.05, 0.1) is 0 Å². The van der Waals surface area contributed by atoms with Crippen molar-refractivity contribution in [2.24, 2.45) is 11.8 Å². The van der Waals surface area contributed by atoms with Crippen molar-refractivity contribution in [2.45, 2.75) is 27.2 Å². The van der Waals surface area contributed by atoms with E-state index in [-0.39, 0.29) is 0 Å². The lowest BCUT2D eigenvalue weighted by molar-refractivity contribution is 0.462. The summed E-state index contributed by atoms with van der Waals surface area (Å²) in [6.45, 7) is 13.8. The molecule has 1 nitrogen and oxygen atoms in total. The Morgan fingerprint density at radius 3 is 2.22 bits per heavy atom. The first-order valence-corrected chi connectivity index (χ1v) is 3.50. The molecule has 0 saturated carbocycles. The first-order valence-electron chi connectivity index (χ1n) is 3.50. The van der Waals surface area contributed by atoms with Gasteiger partial charge in [0.2, 0.25) is 6.54 Å². The Bertz CT molecular complexity index is 99.6. The van der Waals surface area contributed by atoms with Crippen LogP contribution in [0.3, 0.4) is 0 Å².